The van der Waals surface area contributed by atoms with Crippen LogP contribution in [0.1, 0.15) is 44.4 Å². The number of hydrogen-bond acceptors (Lipinski definition) is 3. The molecule has 0 heterocycles. The van der Waals surface area contributed by atoms with E-state index in [1.54, 1.807) is 18.2 Å². The topological polar surface area (TPSA) is 85.2 Å². The highest BCUT2D eigenvalue weighted by Gasteiger charge is 2.15. The minimum atomic E-state index is -0.315. The van der Waals surface area contributed by atoms with E-state index in [0.29, 0.717) is 11.5 Å². The number of nitriles is 1. The van der Waals surface area contributed by atoms with E-state index in [2.05, 4.69) is 16.7 Å². The molecule has 0 fully saturated rings. The van der Waals surface area contributed by atoms with Crippen molar-refractivity contribution >= 4 is 6.03 Å². The third-order valence-electron chi connectivity index (χ3n) is 3.17. The number of nitrogens with zero attached hydrogens (tertiary/aromatic N) is 1. The van der Waals surface area contributed by atoms with Crippen molar-refractivity contribution in [2.75, 3.05) is 6.61 Å². The minimum Gasteiger partial charge on any atom is -0.394 e. The van der Waals surface area contributed by atoms with Gasteiger partial charge < -0.3 is 15.7 Å². The molecule has 0 aliphatic heterocycles. The van der Waals surface area contributed by atoms with Crippen molar-refractivity contribution in [3.63, 3.8) is 0 Å². The van der Waals surface area contributed by atoms with Gasteiger partial charge in [0.05, 0.1) is 30.3 Å². The molecule has 0 aliphatic carbocycles. The Morgan fingerprint density at radius 2 is 2.05 bits per heavy atom. The highest BCUT2D eigenvalue weighted by atomic mass is 16.3. The van der Waals surface area contributed by atoms with Crippen molar-refractivity contribution in [3.05, 3.63) is 35.4 Å². The van der Waals surface area contributed by atoms with Gasteiger partial charge >= 0.3 is 6.03 Å². The Morgan fingerprint density at radius 3 is 2.62 bits per heavy atom. The summed E-state index contributed by atoms with van der Waals surface area (Å²) in [5.41, 5.74) is 1.43. The van der Waals surface area contributed by atoms with Crippen LogP contribution < -0.4 is 10.6 Å². The van der Waals surface area contributed by atoms with Gasteiger partial charge in [0.2, 0.25) is 0 Å². The summed E-state index contributed by atoms with van der Waals surface area (Å²) >= 11 is 0. The number of rotatable bonds is 6. The molecule has 1 rings (SSSR count). The summed E-state index contributed by atoms with van der Waals surface area (Å²) in [6.07, 6.45) is 0.724. The zero-order valence-corrected chi connectivity index (χ0v) is 12.8. The van der Waals surface area contributed by atoms with Gasteiger partial charge in [-0.05, 0) is 37.0 Å². The van der Waals surface area contributed by atoms with Gasteiger partial charge in [0.15, 0.2) is 0 Å². The van der Waals surface area contributed by atoms with Gasteiger partial charge in [-0.1, -0.05) is 26.0 Å². The molecule has 0 radical (unpaired) electrons. The van der Waals surface area contributed by atoms with Crippen molar-refractivity contribution in [2.24, 2.45) is 5.92 Å². The fourth-order valence-corrected chi connectivity index (χ4v) is 2.13. The molecule has 0 saturated heterocycles. The molecule has 3 N–H and O–H groups in total. The molecule has 0 aliphatic rings. The molecule has 1 aromatic rings. The van der Waals surface area contributed by atoms with E-state index in [4.69, 9.17) is 5.26 Å². The van der Waals surface area contributed by atoms with E-state index in [1.165, 1.54) is 0 Å². The number of urea groups is 1. The number of carbonyl (C=O) groups excluding carboxylic acids is 1. The number of carbonyl (C=O) groups is 1. The Morgan fingerprint density at radius 1 is 1.33 bits per heavy atom. The first kappa shape index (κ1) is 17.0. The fourth-order valence-electron chi connectivity index (χ4n) is 2.13. The molecule has 114 valence electrons. The first-order valence-corrected chi connectivity index (χ1v) is 7.14. The van der Waals surface area contributed by atoms with Crippen LogP contribution in [-0.2, 0) is 0 Å². The van der Waals surface area contributed by atoms with Crippen LogP contribution in [0.2, 0.25) is 0 Å². The van der Waals surface area contributed by atoms with E-state index in [1.807, 2.05) is 26.8 Å². The first-order chi connectivity index (χ1) is 9.96. The minimum absolute atomic E-state index is 0.0795. The predicted molar refractivity (Wildman–Crippen MR) is 81.6 cm³/mol. The second-order valence-electron chi connectivity index (χ2n) is 5.59. The molecule has 21 heavy (non-hydrogen) atoms. The van der Waals surface area contributed by atoms with Gasteiger partial charge in [0, 0.05) is 0 Å². The van der Waals surface area contributed by atoms with Crippen molar-refractivity contribution in [1.82, 2.24) is 10.6 Å². The number of nitrogens with one attached hydrogen (secondary N) is 2. The van der Waals surface area contributed by atoms with E-state index >= 15 is 0 Å². The molecule has 0 aromatic heterocycles. The number of benzene rings is 1. The summed E-state index contributed by atoms with van der Waals surface area (Å²) in [6.45, 7) is 5.85. The quantitative estimate of drug-likeness (QED) is 0.751. The second kappa shape index (κ2) is 8.28. The number of hydrogen-bond donors (Lipinski definition) is 3. The summed E-state index contributed by atoms with van der Waals surface area (Å²) in [6, 6.07) is 8.43. The summed E-state index contributed by atoms with van der Waals surface area (Å²) in [5.74, 6) is 0.396. The van der Waals surface area contributed by atoms with Crippen molar-refractivity contribution in [1.29, 1.82) is 5.26 Å². The maximum absolute atomic E-state index is 11.9. The molecule has 5 heteroatoms. The van der Waals surface area contributed by atoms with Crippen LogP contribution in [0.3, 0.4) is 0 Å². The van der Waals surface area contributed by atoms with Crippen LogP contribution >= 0.6 is 0 Å². The Hall–Kier alpha value is -2.06. The summed E-state index contributed by atoms with van der Waals surface area (Å²) < 4.78 is 0. The third kappa shape index (κ3) is 5.84. The largest absolute Gasteiger partial charge is 0.394 e. The Balaban J connectivity index is 2.59. The lowest BCUT2D eigenvalue weighted by Gasteiger charge is -2.21. The Labute approximate surface area is 126 Å². The normalized spacial score (nSPS) is 13.3. The molecule has 0 saturated carbocycles. The highest BCUT2D eigenvalue weighted by Crippen LogP contribution is 2.13. The van der Waals surface area contributed by atoms with Crippen LogP contribution in [0.15, 0.2) is 24.3 Å². The van der Waals surface area contributed by atoms with Gasteiger partial charge in [-0.25, -0.2) is 4.79 Å². The van der Waals surface area contributed by atoms with E-state index in [-0.39, 0.29) is 24.7 Å². The Kier molecular flexibility index (Phi) is 6.70. The molecule has 0 unspecified atom stereocenters. The van der Waals surface area contributed by atoms with Gasteiger partial charge in [0.25, 0.3) is 0 Å². The summed E-state index contributed by atoms with van der Waals surface area (Å²) in [4.78, 5) is 11.9. The molecular weight excluding hydrogens is 266 g/mol. The van der Waals surface area contributed by atoms with Crippen LogP contribution in [0.5, 0.6) is 0 Å². The average molecular weight is 289 g/mol. The van der Waals surface area contributed by atoms with E-state index < -0.39 is 0 Å². The SMILES string of the molecule is CC(C)C[C@@H](CO)NC(=O)N[C@H](C)c1cccc(C#N)c1. The first-order valence-electron chi connectivity index (χ1n) is 7.14. The fraction of sp³-hybridized carbons (Fsp3) is 0.500. The summed E-state index contributed by atoms with van der Waals surface area (Å²) in [5, 5.41) is 23.7. The predicted octanol–water partition coefficient (Wildman–Crippen LogP) is 2.33. The maximum atomic E-state index is 11.9. The number of aliphatic hydroxyl groups is 1. The van der Waals surface area contributed by atoms with Crippen LogP contribution in [0.25, 0.3) is 0 Å². The molecule has 2 amide bonds. The standard InChI is InChI=1S/C16H23N3O2/c1-11(2)7-15(10-20)19-16(21)18-12(3)14-6-4-5-13(8-14)9-17/h4-6,8,11-12,15,20H,7,10H2,1-3H3,(H2,18,19,21)/t12-,15+/m1/s1. The third-order valence-corrected chi connectivity index (χ3v) is 3.17. The second-order valence-corrected chi connectivity index (χ2v) is 5.59. The van der Waals surface area contributed by atoms with Crippen molar-refractivity contribution in [2.45, 2.75) is 39.3 Å². The van der Waals surface area contributed by atoms with Gasteiger partial charge in [-0.2, -0.15) is 5.26 Å². The smallest absolute Gasteiger partial charge is 0.315 e. The van der Waals surface area contributed by atoms with Crippen molar-refractivity contribution < 1.29 is 9.90 Å². The van der Waals surface area contributed by atoms with Crippen LogP contribution in [-0.4, -0.2) is 23.8 Å². The van der Waals surface area contributed by atoms with E-state index in [0.717, 1.165) is 12.0 Å². The molecule has 5 nitrogen and oxygen atoms in total. The zero-order chi connectivity index (χ0) is 15.8. The van der Waals surface area contributed by atoms with Crippen LogP contribution in [0.4, 0.5) is 4.79 Å². The lowest BCUT2D eigenvalue weighted by atomic mass is 10.0. The Bertz CT molecular complexity index is 508. The zero-order valence-electron chi connectivity index (χ0n) is 12.8. The van der Waals surface area contributed by atoms with Gasteiger partial charge in [-0.3, -0.25) is 0 Å². The molecular formula is C16H23N3O2. The number of amides is 2. The molecule has 0 spiro atoms. The van der Waals surface area contributed by atoms with Crippen molar-refractivity contribution in [3.8, 4) is 6.07 Å². The van der Waals surface area contributed by atoms with Gasteiger partial charge in [-0.15, -0.1) is 0 Å². The van der Waals surface area contributed by atoms with Crippen LogP contribution in [0, 0.1) is 17.2 Å². The average Bonchev–Trinajstić information content (AvgIpc) is 2.45. The molecule has 1 aromatic carbocycles. The monoisotopic (exact) mass is 289 g/mol. The molecule has 0 bridgehead atoms. The van der Waals surface area contributed by atoms with Gasteiger partial charge in [0.1, 0.15) is 0 Å². The summed E-state index contributed by atoms with van der Waals surface area (Å²) in [7, 11) is 0. The lowest BCUT2D eigenvalue weighted by molar-refractivity contribution is 0.205. The number of aliphatic hydroxyl groups excluding tert-OH is 1. The van der Waals surface area contributed by atoms with E-state index in [9.17, 15) is 9.90 Å². The highest BCUT2D eigenvalue weighted by molar-refractivity contribution is 5.74. The molecule has 2 atom stereocenters. The lowest BCUT2D eigenvalue weighted by Crippen LogP contribution is -2.45. The maximum Gasteiger partial charge on any atom is 0.315 e.